The summed E-state index contributed by atoms with van der Waals surface area (Å²) in [5.41, 5.74) is 3.31. The summed E-state index contributed by atoms with van der Waals surface area (Å²) in [5.74, 6) is 0.148. The second kappa shape index (κ2) is 8.12. The molecule has 1 aliphatic rings. The predicted molar refractivity (Wildman–Crippen MR) is 95.6 cm³/mol. The Hall–Kier alpha value is -1.71. The normalized spacial score (nSPS) is 28.3. The predicted octanol–water partition coefficient (Wildman–Crippen LogP) is 1.43. The number of halogens is 2. The lowest BCUT2D eigenvalue weighted by atomic mass is 10.0. The SMILES string of the molecule is Cc1ccc(Cc2c(OC3OC(CO)C(F)C(O)C3O)n[nH]c2C)c(Cl)c1. The van der Waals surface area contributed by atoms with Gasteiger partial charge in [-0.25, -0.2) is 4.39 Å². The number of aliphatic hydroxyl groups excluding tert-OH is 3. The van der Waals surface area contributed by atoms with Crippen LogP contribution in [0.2, 0.25) is 5.02 Å². The Labute approximate surface area is 160 Å². The molecular formula is C18H22ClFN2O5. The van der Waals surface area contributed by atoms with Crippen molar-refractivity contribution in [1.82, 2.24) is 10.2 Å². The topological polar surface area (TPSA) is 108 Å². The van der Waals surface area contributed by atoms with Crippen molar-refractivity contribution in [2.24, 2.45) is 0 Å². The summed E-state index contributed by atoms with van der Waals surface area (Å²) in [7, 11) is 0. The fourth-order valence-electron chi connectivity index (χ4n) is 2.97. The summed E-state index contributed by atoms with van der Waals surface area (Å²) in [5, 5.41) is 36.6. The van der Waals surface area contributed by atoms with E-state index in [1.807, 2.05) is 25.1 Å². The average molecular weight is 401 g/mol. The summed E-state index contributed by atoms with van der Waals surface area (Å²) in [6.07, 6.45) is -7.55. The van der Waals surface area contributed by atoms with Gasteiger partial charge in [0.15, 0.2) is 6.17 Å². The first-order valence-electron chi connectivity index (χ1n) is 8.53. The minimum atomic E-state index is -1.92. The van der Waals surface area contributed by atoms with E-state index in [4.69, 9.17) is 21.1 Å². The van der Waals surface area contributed by atoms with Crippen LogP contribution in [0.4, 0.5) is 4.39 Å². The van der Waals surface area contributed by atoms with Crippen LogP contribution >= 0.6 is 11.6 Å². The van der Waals surface area contributed by atoms with Crippen molar-refractivity contribution < 1.29 is 29.2 Å². The van der Waals surface area contributed by atoms with E-state index in [9.17, 15) is 19.7 Å². The van der Waals surface area contributed by atoms with E-state index in [0.29, 0.717) is 17.0 Å². The maximum absolute atomic E-state index is 13.9. The molecule has 2 heterocycles. The second-order valence-corrected chi connectivity index (χ2v) is 7.08. The number of benzene rings is 1. The smallest absolute Gasteiger partial charge is 0.238 e. The molecule has 9 heteroatoms. The Morgan fingerprint density at radius 2 is 2.04 bits per heavy atom. The van der Waals surface area contributed by atoms with Crippen LogP contribution in [-0.4, -0.2) is 62.9 Å². The molecule has 1 saturated heterocycles. The van der Waals surface area contributed by atoms with Gasteiger partial charge in [0.2, 0.25) is 12.2 Å². The number of hydrogen-bond donors (Lipinski definition) is 4. The first-order valence-corrected chi connectivity index (χ1v) is 8.91. The molecule has 3 rings (SSSR count). The number of H-pyrrole nitrogens is 1. The Morgan fingerprint density at radius 1 is 1.30 bits per heavy atom. The minimum absolute atomic E-state index is 0.148. The van der Waals surface area contributed by atoms with Crippen LogP contribution in [0.1, 0.15) is 22.4 Å². The average Bonchev–Trinajstić information content (AvgIpc) is 2.97. The molecule has 1 aliphatic heterocycles. The van der Waals surface area contributed by atoms with Gasteiger partial charge in [0.05, 0.1) is 6.61 Å². The number of aromatic nitrogens is 2. The van der Waals surface area contributed by atoms with Crippen LogP contribution in [0, 0.1) is 13.8 Å². The highest BCUT2D eigenvalue weighted by molar-refractivity contribution is 6.31. The molecular weight excluding hydrogens is 379 g/mol. The minimum Gasteiger partial charge on any atom is -0.443 e. The number of nitrogens with one attached hydrogen (secondary N) is 1. The number of rotatable bonds is 5. The quantitative estimate of drug-likeness (QED) is 0.604. The number of aromatic amines is 1. The lowest BCUT2D eigenvalue weighted by Crippen LogP contribution is -2.58. The molecule has 0 amide bonds. The van der Waals surface area contributed by atoms with Crippen LogP contribution in [0.25, 0.3) is 0 Å². The Kier molecular flexibility index (Phi) is 6.02. The molecule has 0 saturated carbocycles. The van der Waals surface area contributed by atoms with Gasteiger partial charge in [-0.3, -0.25) is 5.10 Å². The van der Waals surface area contributed by atoms with Crippen molar-refractivity contribution in [3.8, 4) is 5.88 Å². The van der Waals surface area contributed by atoms with E-state index in [1.54, 1.807) is 6.92 Å². The van der Waals surface area contributed by atoms with Gasteiger partial charge in [-0.05, 0) is 31.0 Å². The van der Waals surface area contributed by atoms with E-state index in [2.05, 4.69) is 10.2 Å². The molecule has 148 valence electrons. The number of ether oxygens (including phenoxy) is 2. The van der Waals surface area contributed by atoms with E-state index < -0.39 is 37.4 Å². The number of alkyl halides is 1. The third kappa shape index (κ3) is 4.09. The van der Waals surface area contributed by atoms with Crippen LogP contribution in [0.15, 0.2) is 18.2 Å². The van der Waals surface area contributed by atoms with Gasteiger partial charge in [0.1, 0.15) is 18.3 Å². The molecule has 1 aromatic carbocycles. The number of aliphatic hydroxyl groups is 3. The third-order valence-electron chi connectivity index (χ3n) is 4.64. The van der Waals surface area contributed by atoms with Crippen LogP contribution in [0.3, 0.4) is 0 Å². The van der Waals surface area contributed by atoms with Crippen LogP contribution in [0.5, 0.6) is 5.88 Å². The summed E-state index contributed by atoms with van der Waals surface area (Å²) >= 11 is 6.30. The Balaban J connectivity index is 1.82. The molecule has 4 N–H and O–H groups in total. The van der Waals surface area contributed by atoms with Crippen molar-refractivity contribution in [2.75, 3.05) is 6.61 Å². The van der Waals surface area contributed by atoms with Gasteiger partial charge in [-0.1, -0.05) is 23.7 Å². The molecule has 0 bridgehead atoms. The van der Waals surface area contributed by atoms with Crippen molar-refractivity contribution >= 4 is 11.6 Å². The van der Waals surface area contributed by atoms with Gasteiger partial charge in [-0.2, -0.15) is 0 Å². The first-order chi connectivity index (χ1) is 12.8. The van der Waals surface area contributed by atoms with Gasteiger partial charge < -0.3 is 24.8 Å². The molecule has 0 aliphatic carbocycles. The zero-order valence-corrected chi connectivity index (χ0v) is 15.7. The molecule has 5 unspecified atom stereocenters. The Bertz CT molecular complexity index is 800. The maximum atomic E-state index is 13.9. The van der Waals surface area contributed by atoms with E-state index >= 15 is 0 Å². The molecule has 0 spiro atoms. The maximum Gasteiger partial charge on any atom is 0.238 e. The van der Waals surface area contributed by atoms with Crippen molar-refractivity contribution in [3.63, 3.8) is 0 Å². The van der Waals surface area contributed by atoms with Crippen molar-refractivity contribution in [2.45, 2.75) is 51.0 Å². The largest absolute Gasteiger partial charge is 0.443 e. The molecule has 0 radical (unpaired) electrons. The highest BCUT2D eigenvalue weighted by atomic mass is 35.5. The van der Waals surface area contributed by atoms with E-state index in [0.717, 1.165) is 16.8 Å². The summed E-state index contributed by atoms with van der Waals surface area (Å²) in [4.78, 5) is 0. The summed E-state index contributed by atoms with van der Waals surface area (Å²) < 4.78 is 24.7. The van der Waals surface area contributed by atoms with Gasteiger partial charge in [0, 0.05) is 22.7 Å². The van der Waals surface area contributed by atoms with Crippen molar-refractivity contribution in [1.29, 1.82) is 0 Å². The molecule has 1 fully saturated rings. The standard InChI is InChI=1S/C18H22ClFN2O5/c1-8-3-4-10(12(19)5-8)6-11-9(2)21-22-17(11)27-18-16(25)15(24)14(20)13(7-23)26-18/h3-5,13-16,18,23-25H,6-7H2,1-2H3,(H,21,22). The summed E-state index contributed by atoms with van der Waals surface area (Å²) in [6.45, 7) is 3.09. The van der Waals surface area contributed by atoms with E-state index in [1.165, 1.54) is 0 Å². The zero-order chi connectivity index (χ0) is 19.7. The molecule has 7 nitrogen and oxygen atoms in total. The van der Waals surface area contributed by atoms with E-state index in [-0.39, 0.29) is 5.88 Å². The number of nitrogens with zero attached hydrogens (tertiary/aromatic N) is 1. The van der Waals surface area contributed by atoms with Gasteiger partial charge >= 0.3 is 0 Å². The van der Waals surface area contributed by atoms with Crippen LogP contribution < -0.4 is 4.74 Å². The monoisotopic (exact) mass is 400 g/mol. The highest BCUT2D eigenvalue weighted by Crippen LogP contribution is 2.30. The lowest BCUT2D eigenvalue weighted by Gasteiger charge is -2.38. The lowest BCUT2D eigenvalue weighted by molar-refractivity contribution is -0.265. The molecule has 5 atom stereocenters. The molecule has 1 aromatic heterocycles. The molecule has 27 heavy (non-hydrogen) atoms. The fourth-order valence-corrected chi connectivity index (χ4v) is 3.27. The van der Waals surface area contributed by atoms with Gasteiger partial charge in [0.25, 0.3) is 0 Å². The Morgan fingerprint density at radius 3 is 2.70 bits per heavy atom. The third-order valence-corrected chi connectivity index (χ3v) is 4.99. The highest BCUT2D eigenvalue weighted by Gasteiger charge is 2.46. The number of aryl methyl sites for hydroxylation is 2. The second-order valence-electron chi connectivity index (χ2n) is 6.67. The first kappa shape index (κ1) is 20.0. The number of hydrogen-bond acceptors (Lipinski definition) is 6. The van der Waals surface area contributed by atoms with Crippen molar-refractivity contribution in [3.05, 3.63) is 45.6 Å². The van der Waals surface area contributed by atoms with Crippen LogP contribution in [-0.2, 0) is 11.2 Å². The summed E-state index contributed by atoms with van der Waals surface area (Å²) in [6, 6.07) is 5.69. The molecule has 2 aromatic rings. The van der Waals surface area contributed by atoms with Gasteiger partial charge in [-0.15, -0.1) is 5.10 Å². The zero-order valence-electron chi connectivity index (χ0n) is 14.9. The fraction of sp³-hybridized carbons (Fsp3) is 0.500.